The van der Waals surface area contributed by atoms with Gasteiger partial charge in [0.2, 0.25) is 0 Å². The fourth-order valence-electron chi connectivity index (χ4n) is 2.09. The topological polar surface area (TPSA) is 41.1 Å². The van der Waals surface area contributed by atoms with Crippen molar-refractivity contribution in [2.75, 3.05) is 36.3 Å². The third-order valence-corrected chi connectivity index (χ3v) is 4.04. The van der Waals surface area contributed by atoms with Crippen LogP contribution in [0.2, 0.25) is 0 Å². The van der Waals surface area contributed by atoms with Crippen LogP contribution in [-0.4, -0.2) is 42.1 Å². The highest BCUT2D eigenvalue weighted by Gasteiger charge is 2.17. The predicted molar refractivity (Wildman–Crippen MR) is 86.4 cm³/mol. The van der Waals surface area contributed by atoms with Crippen LogP contribution in [0.15, 0.2) is 6.33 Å². The average Bonchev–Trinajstić information content (AvgIpc) is 2.44. The van der Waals surface area contributed by atoms with Gasteiger partial charge in [-0.2, -0.15) is 11.8 Å². The summed E-state index contributed by atoms with van der Waals surface area (Å²) >= 11 is 1.89. The van der Waals surface area contributed by atoms with Crippen LogP contribution in [0.25, 0.3) is 0 Å². The second-order valence-corrected chi connectivity index (χ2v) is 5.75. The van der Waals surface area contributed by atoms with E-state index in [1.807, 2.05) is 18.8 Å². The van der Waals surface area contributed by atoms with E-state index >= 15 is 0 Å². The minimum atomic E-state index is 0.489. The SMILES string of the molecule is CCCc1c(NC)ncnc1N(C)C(C)CCSC. The highest BCUT2D eigenvalue weighted by Crippen LogP contribution is 2.26. The number of hydrogen-bond donors (Lipinski definition) is 1. The Balaban J connectivity index is 2.97. The molecule has 1 aromatic rings. The summed E-state index contributed by atoms with van der Waals surface area (Å²) in [7, 11) is 4.05. The normalized spacial score (nSPS) is 12.3. The summed E-state index contributed by atoms with van der Waals surface area (Å²) in [6.07, 6.45) is 7.08. The van der Waals surface area contributed by atoms with Crippen LogP contribution in [0.3, 0.4) is 0 Å². The smallest absolute Gasteiger partial charge is 0.137 e. The number of aromatic nitrogens is 2. The lowest BCUT2D eigenvalue weighted by Gasteiger charge is -2.28. The third-order valence-electron chi connectivity index (χ3n) is 3.39. The van der Waals surface area contributed by atoms with Gasteiger partial charge in [0.15, 0.2) is 0 Å². The maximum absolute atomic E-state index is 4.50. The minimum Gasteiger partial charge on any atom is -0.373 e. The quantitative estimate of drug-likeness (QED) is 0.793. The maximum atomic E-state index is 4.50. The molecule has 0 aromatic carbocycles. The molecule has 1 aromatic heterocycles. The molecule has 0 saturated heterocycles. The number of nitrogens with one attached hydrogen (secondary N) is 1. The molecular weight excluding hydrogens is 256 g/mol. The molecule has 1 unspecified atom stereocenters. The molecule has 1 atom stereocenters. The van der Waals surface area contributed by atoms with Crippen LogP contribution in [0.5, 0.6) is 0 Å². The van der Waals surface area contributed by atoms with Gasteiger partial charge in [-0.25, -0.2) is 9.97 Å². The number of thioether (sulfide) groups is 1. The third kappa shape index (κ3) is 4.27. The van der Waals surface area contributed by atoms with Gasteiger partial charge in [0.1, 0.15) is 18.0 Å². The standard InChI is InChI=1S/C14H26N4S/c1-6-7-12-13(15-3)16-10-17-14(12)18(4)11(2)8-9-19-5/h10-11H,6-9H2,1-5H3,(H,15,16,17). The average molecular weight is 282 g/mol. The highest BCUT2D eigenvalue weighted by atomic mass is 32.2. The van der Waals surface area contributed by atoms with Crippen molar-refractivity contribution in [2.24, 2.45) is 0 Å². The van der Waals surface area contributed by atoms with E-state index in [1.54, 1.807) is 6.33 Å². The van der Waals surface area contributed by atoms with Crippen molar-refractivity contribution >= 4 is 23.4 Å². The summed E-state index contributed by atoms with van der Waals surface area (Å²) in [5.74, 6) is 3.20. The molecule has 4 nitrogen and oxygen atoms in total. The molecular formula is C14H26N4S. The monoisotopic (exact) mass is 282 g/mol. The molecule has 0 aliphatic carbocycles. The zero-order chi connectivity index (χ0) is 14.3. The summed E-state index contributed by atoms with van der Waals surface area (Å²) in [5, 5.41) is 3.18. The summed E-state index contributed by atoms with van der Waals surface area (Å²) in [6, 6.07) is 0.489. The fourth-order valence-corrected chi connectivity index (χ4v) is 2.67. The molecule has 0 aliphatic heterocycles. The molecule has 19 heavy (non-hydrogen) atoms. The first-order chi connectivity index (χ1) is 9.15. The molecule has 5 heteroatoms. The van der Waals surface area contributed by atoms with E-state index in [4.69, 9.17) is 0 Å². The summed E-state index contributed by atoms with van der Waals surface area (Å²) < 4.78 is 0. The zero-order valence-corrected chi connectivity index (χ0v) is 13.5. The Hall–Kier alpha value is -0.970. The summed E-state index contributed by atoms with van der Waals surface area (Å²) in [5.41, 5.74) is 1.23. The summed E-state index contributed by atoms with van der Waals surface area (Å²) in [6.45, 7) is 4.44. The Morgan fingerprint density at radius 2 is 2.16 bits per heavy atom. The van der Waals surface area contributed by atoms with Gasteiger partial charge in [0.05, 0.1) is 0 Å². The van der Waals surface area contributed by atoms with E-state index in [-0.39, 0.29) is 0 Å². The number of rotatable bonds is 8. The Bertz CT molecular complexity index is 384. The van der Waals surface area contributed by atoms with Crippen molar-refractivity contribution in [3.05, 3.63) is 11.9 Å². The molecule has 1 N–H and O–H groups in total. The Labute approximate surface area is 121 Å². The molecule has 0 fully saturated rings. The van der Waals surface area contributed by atoms with Crippen molar-refractivity contribution in [3.63, 3.8) is 0 Å². The highest BCUT2D eigenvalue weighted by molar-refractivity contribution is 7.98. The molecule has 1 heterocycles. The first kappa shape index (κ1) is 16.1. The number of nitrogens with zero attached hydrogens (tertiary/aromatic N) is 3. The van der Waals surface area contributed by atoms with Crippen LogP contribution >= 0.6 is 11.8 Å². The lowest BCUT2D eigenvalue weighted by atomic mass is 10.1. The van der Waals surface area contributed by atoms with Crippen molar-refractivity contribution in [2.45, 2.75) is 39.2 Å². The van der Waals surface area contributed by atoms with E-state index in [0.29, 0.717) is 6.04 Å². The van der Waals surface area contributed by atoms with E-state index in [1.165, 1.54) is 17.7 Å². The van der Waals surface area contributed by atoms with Crippen molar-refractivity contribution < 1.29 is 0 Å². The van der Waals surface area contributed by atoms with E-state index in [0.717, 1.165) is 24.5 Å². The molecule has 108 valence electrons. The molecule has 0 spiro atoms. The minimum absolute atomic E-state index is 0.489. The zero-order valence-electron chi connectivity index (χ0n) is 12.7. The van der Waals surface area contributed by atoms with Crippen molar-refractivity contribution in [1.82, 2.24) is 9.97 Å². The van der Waals surface area contributed by atoms with E-state index < -0.39 is 0 Å². The van der Waals surface area contributed by atoms with Gasteiger partial charge in [0, 0.05) is 25.7 Å². The molecule has 0 amide bonds. The van der Waals surface area contributed by atoms with Gasteiger partial charge in [-0.1, -0.05) is 13.3 Å². The van der Waals surface area contributed by atoms with Gasteiger partial charge < -0.3 is 10.2 Å². The second-order valence-electron chi connectivity index (χ2n) is 4.77. The van der Waals surface area contributed by atoms with Gasteiger partial charge in [-0.15, -0.1) is 0 Å². The lowest BCUT2D eigenvalue weighted by Crippen LogP contribution is -2.31. The Morgan fingerprint density at radius 1 is 1.42 bits per heavy atom. The first-order valence-electron chi connectivity index (χ1n) is 6.89. The predicted octanol–water partition coefficient (Wildman–Crippen LogP) is 3.05. The molecule has 0 bridgehead atoms. The molecule has 0 aliphatic rings. The Morgan fingerprint density at radius 3 is 2.74 bits per heavy atom. The largest absolute Gasteiger partial charge is 0.373 e. The van der Waals surface area contributed by atoms with Gasteiger partial charge in [-0.3, -0.25) is 0 Å². The number of hydrogen-bond acceptors (Lipinski definition) is 5. The molecule has 0 radical (unpaired) electrons. The van der Waals surface area contributed by atoms with Gasteiger partial charge in [-0.05, 0) is 31.8 Å². The van der Waals surface area contributed by atoms with E-state index in [2.05, 4.69) is 47.3 Å². The second kappa shape index (κ2) is 8.25. The van der Waals surface area contributed by atoms with Crippen molar-refractivity contribution in [1.29, 1.82) is 0 Å². The first-order valence-corrected chi connectivity index (χ1v) is 8.28. The fraction of sp³-hybridized carbons (Fsp3) is 0.714. The molecule has 0 saturated carbocycles. The van der Waals surface area contributed by atoms with Crippen LogP contribution < -0.4 is 10.2 Å². The van der Waals surface area contributed by atoms with Crippen LogP contribution in [0, 0.1) is 0 Å². The number of anilines is 2. The maximum Gasteiger partial charge on any atom is 0.137 e. The Kier molecular flexibility index (Phi) is 6.99. The lowest BCUT2D eigenvalue weighted by molar-refractivity contribution is 0.657. The van der Waals surface area contributed by atoms with Gasteiger partial charge >= 0.3 is 0 Å². The molecule has 1 rings (SSSR count). The van der Waals surface area contributed by atoms with E-state index in [9.17, 15) is 0 Å². The summed E-state index contributed by atoms with van der Waals surface area (Å²) in [4.78, 5) is 11.1. The van der Waals surface area contributed by atoms with Crippen molar-refractivity contribution in [3.8, 4) is 0 Å². The van der Waals surface area contributed by atoms with Gasteiger partial charge in [0.25, 0.3) is 0 Å². The van der Waals surface area contributed by atoms with Crippen LogP contribution in [0.1, 0.15) is 32.3 Å². The van der Waals surface area contributed by atoms with Crippen LogP contribution in [0.4, 0.5) is 11.6 Å². The van der Waals surface area contributed by atoms with Crippen LogP contribution in [-0.2, 0) is 6.42 Å².